The van der Waals surface area contributed by atoms with Crippen molar-refractivity contribution in [1.29, 1.82) is 0 Å². The van der Waals surface area contributed by atoms with Gasteiger partial charge >= 0.3 is 0 Å². The lowest BCUT2D eigenvalue weighted by Crippen LogP contribution is -2.21. The molecule has 0 radical (unpaired) electrons. The molecule has 0 bridgehead atoms. The van der Waals surface area contributed by atoms with Gasteiger partial charge < -0.3 is 4.90 Å². The fraction of sp³-hybridized carbons (Fsp3) is 0.250. The summed E-state index contributed by atoms with van der Waals surface area (Å²) in [7, 11) is 2.08. The Morgan fingerprint density at radius 3 is 2.55 bits per heavy atom. The van der Waals surface area contributed by atoms with E-state index in [0.717, 1.165) is 20.7 Å². The van der Waals surface area contributed by atoms with Gasteiger partial charge in [0.25, 0.3) is 0 Å². The van der Waals surface area contributed by atoms with Crippen LogP contribution >= 0.6 is 39.1 Å². The molecule has 1 atom stereocenters. The summed E-state index contributed by atoms with van der Waals surface area (Å²) < 4.78 is 1.04. The number of alkyl halides is 1. The van der Waals surface area contributed by atoms with Crippen LogP contribution in [0.2, 0.25) is 5.02 Å². The summed E-state index contributed by atoms with van der Waals surface area (Å²) >= 11 is 15.5. The Kier molecular flexibility index (Phi) is 5.36. The minimum absolute atomic E-state index is 0.238. The highest BCUT2D eigenvalue weighted by Crippen LogP contribution is 2.30. The average molecular weight is 373 g/mol. The van der Waals surface area contributed by atoms with E-state index in [-0.39, 0.29) is 6.04 Å². The van der Waals surface area contributed by atoms with Gasteiger partial charge in [0.05, 0.1) is 6.04 Å². The standard InChI is InChI=1S/C16H16BrCl2N/c1-11(12-4-3-5-14(19)8-12)20(2)15-7-6-13(10-18)16(17)9-15/h3-9,11H,10H2,1-2H3. The molecule has 0 saturated carbocycles. The fourth-order valence-corrected chi connectivity index (χ4v) is 3.18. The normalized spacial score (nSPS) is 12.2. The maximum Gasteiger partial charge on any atom is 0.0511 e. The van der Waals surface area contributed by atoms with Crippen molar-refractivity contribution in [2.24, 2.45) is 0 Å². The minimum Gasteiger partial charge on any atom is -0.368 e. The van der Waals surface area contributed by atoms with Crippen LogP contribution in [0.25, 0.3) is 0 Å². The van der Waals surface area contributed by atoms with Gasteiger partial charge in [0.15, 0.2) is 0 Å². The molecule has 20 heavy (non-hydrogen) atoms. The van der Waals surface area contributed by atoms with Gasteiger partial charge in [-0.05, 0) is 42.3 Å². The Balaban J connectivity index is 2.26. The summed E-state index contributed by atoms with van der Waals surface area (Å²) in [5.74, 6) is 0.508. The van der Waals surface area contributed by atoms with Crippen LogP contribution in [0.5, 0.6) is 0 Å². The van der Waals surface area contributed by atoms with Gasteiger partial charge in [-0.2, -0.15) is 0 Å². The predicted molar refractivity (Wildman–Crippen MR) is 92.0 cm³/mol. The zero-order chi connectivity index (χ0) is 14.7. The highest BCUT2D eigenvalue weighted by molar-refractivity contribution is 9.10. The van der Waals surface area contributed by atoms with Gasteiger partial charge in [-0.25, -0.2) is 0 Å². The second-order valence-electron chi connectivity index (χ2n) is 4.75. The molecule has 0 N–H and O–H groups in total. The molecule has 4 heteroatoms. The summed E-state index contributed by atoms with van der Waals surface area (Å²) in [6.07, 6.45) is 0. The number of halogens is 3. The lowest BCUT2D eigenvalue weighted by atomic mass is 10.1. The Hall–Kier alpha value is -0.700. The van der Waals surface area contributed by atoms with E-state index in [4.69, 9.17) is 23.2 Å². The molecule has 0 aliphatic rings. The molecule has 2 aromatic rings. The van der Waals surface area contributed by atoms with Crippen molar-refractivity contribution in [3.05, 3.63) is 63.1 Å². The topological polar surface area (TPSA) is 3.24 Å². The van der Waals surface area contributed by atoms with E-state index < -0.39 is 0 Å². The van der Waals surface area contributed by atoms with E-state index in [1.54, 1.807) is 0 Å². The number of rotatable bonds is 4. The molecule has 2 aromatic carbocycles. The van der Waals surface area contributed by atoms with Crippen molar-refractivity contribution in [2.75, 3.05) is 11.9 Å². The van der Waals surface area contributed by atoms with Crippen LogP contribution < -0.4 is 4.90 Å². The average Bonchev–Trinajstić information content (AvgIpc) is 2.45. The number of hydrogen-bond donors (Lipinski definition) is 0. The summed E-state index contributed by atoms with van der Waals surface area (Å²) in [4.78, 5) is 2.22. The maximum atomic E-state index is 6.06. The quantitative estimate of drug-likeness (QED) is 0.591. The second kappa shape index (κ2) is 6.84. The summed E-state index contributed by atoms with van der Waals surface area (Å²) in [6, 6.07) is 14.4. The van der Waals surface area contributed by atoms with Crippen molar-refractivity contribution < 1.29 is 0 Å². The van der Waals surface area contributed by atoms with Crippen LogP contribution in [-0.2, 0) is 5.88 Å². The first-order chi connectivity index (χ1) is 9.52. The number of anilines is 1. The number of benzene rings is 2. The van der Waals surface area contributed by atoms with E-state index in [1.807, 2.05) is 24.3 Å². The zero-order valence-corrected chi connectivity index (χ0v) is 14.5. The Bertz CT molecular complexity index is 601. The Morgan fingerprint density at radius 2 is 1.95 bits per heavy atom. The monoisotopic (exact) mass is 371 g/mol. The molecule has 1 unspecified atom stereocenters. The SMILES string of the molecule is CC(c1cccc(Cl)c1)N(C)c1ccc(CCl)c(Br)c1. The van der Waals surface area contributed by atoms with E-state index in [1.165, 1.54) is 5.56 Å². The summed E-state index contributed by atoms with van der Waals surface area (Å²) in [5, 5.41) is 0.765. The van der Waals surface area contributed by atoms with Gasteiger partial charge in [0.1, 0.15) is 0 Å². The van der Waals surface area contributed by atoms with Crippen LogP contribution in [0.1, 0.15) is 24.1 Å². The third-order valence-corrected chi connectivity index (χ3v) is 4.76. The molecule has 0 aliphatic heterocycles. The molecule has 0 spiro atoms. The third kappa shape index (κ3) is 3.49. The largest absolute Gasteiger partial charge is 0.368 e. The van der Waals surface area contributed by atoms with Crippen molar-refractivity contribution >= 4 is 44.8 Å². The van der Waals surface area contributed by atoms with E-state index in [9.17, 15) is 0 Å². The van der Waals surface area contributed by atoms with E-state index >= 15 is 0 Å². The first-order valence-corrected chi connectivity index (χ1v) is 8.06. The predicted octanol–water partition coefficient (Wildman–Crippen LogP) is 6.04. The van der Waals surface area contributed by atoms with Gasteiger partial charge in [-0.3, -0.25) is 0 Å². The molecule has 0 aromatic heterocycles. The van der Waals surface area contributed by atoms with Crippen molar-refractivity contribution in [1.82, 2.24) is 0 Å². The van der Waals surface area contributed by atoms with Crippen molar-refractivity contribution in [2.45, 2.75) is 18.8 Å². The highest BCUT2D eigenvalue weighted by Gasteiger charge is 2.13. The van der Waals surface area contributed by atoms with Crippen molar-refractivity contribution in [3.63, 3.8) is 0 Å². The summed E-state index contributed by atoms with van der Waals surface area (Å²) in [5.41, 5.74) is 3.43. The molecule has 2 rings (SSSR count). The van der Waals surface area contributed by atoms with Crippen LogP contribution in [0.3, 0.4) is 0 Å². The first-order valence-electron chi connectivity index (χ1n) is 6.35. The number of hydrogen-bond acceptors (Lipinski definition) is 1. The van der Waals surface area contributed by atoms with Crippen LogP contribution in [0, 0.1) is 0 Å². The van der Waals surface area contributed by atoms with Crippen LogP contribution in [0.15, 0.2) is 46.9 Å². The van der Waals surface area contributed by atoms with E-state index in [2.05, 4.69) is 53.0 Å². The maximum absolute atomic E-state index is 6.06. The second-order valence-corrected chi connectivity index (χ2v) is 6.31. The molecule has 1 nitrogen and oxygen atoms in total. The molecule has 0 saturated heterocycles. The molecule has 0 heterocycles. The molecular formula is C16H16BrCl2N. The third-order valence-electron chi connectivity index (χ3n) is 3.50. The lowest BCUT2D eigenvalue weighted by molar-refractivity contribution is 0.739. The fourth-order valence-electron chi connectivity index (χ4n) is 2.08. The molecule has 0 fully saturated rings. The van der Waals surface area contributed by atoms with Gasteiger partial charge in [0, 0.05) is 28.1 Å². The smallest absolute Gasteiger partial charge is 0.0511 e. The summed E-state index contributed by atoms with van der Waals surface area (Å²) in [6.45, 7) is 2.16. The van der Waals surface area contributed by atoms with E-state index in [0.29, 0.717) is 5.88 Å². The Morgan fingerprint density at radius 1 is 1.20 bits per heavy atom. The van der Waals surface area contributed by atoms with Gasteiger partial charge in [0.2, 0.25) is 0 Å². The first kappa shape index (κ1) is 15.7. The van der Waals surface area contributed by atoms with Crippen LogP contribution in [-0.4, -0.2) is 7.05 Å². The van der Waals surface area contributed by atoms with Gasteiger partial charge in [-0.15, -0.1) is 11.6 Å². The number of nitrogens with zero attached hydrogens (tertiary/aromatic N) is 1. The molecular weight excluding hydrogens is 357 g/mol. The van der Waals surface area contributed by atoms with Gasteiger partial charge in [-0.1, -0.05) is 45.7 Å². The lowest BCUT2D eigenvalue weighted by Gasteiger charge is -2.28. The zero-order valence-electron chi connectivity index (χ0n) is 11.4. The van der Waals surface area contributed by atoms with Crippen molar-refractivity contribution in [3.8, 4) is 0 Å². The van der Waals surface area contributed by atoms with Crippen LogP contribution in [0.4, 0.5) is 5.69 Å². The molecule has 0 amide bonds. The molecule has 0 aliphatic carbocycles. The Labute approximate surface area is 138 Å². The highest BCUT2D eigenvalue weighted by atomic mass is 79.9. The molecule has 106 valence electrons. The minimum atomic E-state index is 0.238.